The van der Waals surface area contributed by atoms with E-state index < -0.39 is 0 Å². The monoisotopic (exact) mass is 172 g/mol. The van der Waals surface area contributed by atoms with Crippen molar-refractivity contribution < 1.29 is 12.4 Å². The summed E-state index contributed by atoms with van der Waals surface area (Å²) in [6, 6.07) is 0. The molecule has 0 bridgehead atoms. The average molecular weight is 173 g/mol. The van der Waals surface area contributed by atoms with Crippen LogP contribution < -0.4 is 12.4 Å². The van der Waals surface area contributed by atoms with Crippen molar-refractivity contribution >= 4 is 23.1 Å². The van der Waals surface area contributed by atoms with Gasteiger partial charge in [0.1, 0.15) is 0 Å². The van der Waals surface area contributed by atoms with Crippen molar-refractivity contribution in [2.45, 2.75) is 46.0 Å². The number of hydrogen-bond donors (Lipinski definition) is 0. The third-order valence-corrected chi connectivity index (χ3v) is 1.35. The van der Waals surface area contributed by atoms with E-state index in [0.717, 1.165) is 0 Å². The van der Waals surface area contributed by atoms with E-state index in [2.05, 4.69) is 20.3 Å². The summed E-state index contributed by atoms with van der Waals surface area (Å²) in [5.41, 5.74) is 0. The van der Waals surface area contributed by atoms with Crippen molar-refractivity contribution in [3.63, 3.8) is 0 Å². The van der Waals surface area contributed by atoms with Gasteiger partial charge in [-0.2, -0.15) is 13.3 Å². The Hall–Kier alpha value is 1.06. The van der Waals surface area contributed by atoms with Gasteiger partial charge in [0, 0.05) is 0 Å². The molecule has 0 fully saturated rings. The Labute approximate surface area is 87.7 Å². The van der Waals surface area contributed by atoms with E-state index in [1.54, 1.807) is 0 Å². The molecule has 0 saturated carbocycles. The van der Waals surface area contributed by atoms with Gasteiger partial charge in [0.25, 0.3) is 0 Å². The molecule has 10 heavy (non-hydrogen) atoms. The van der Waals surface area contributed by atoms with Gasteiger partial charge in [0.05, 0.1) is 0 Å². The molecule has 0 aliphatic carbocycles. The van der Waals surface area contributed by atoms with Gasteiger partial charge in [-0.25, -0.2) is 0 Å². The fourth-order valence-electron chi connectivity index (χ4n) is 0.775. The van der Waals surface area contributed by atoms with Crippen LogP contribution in [0.3, 0.4) is 0 Å². The van der Waals surface area contributed by atoms with Gasteiger partial charge in [0.15, 0.2) is 0 Å². The van der Waals surface area contributed by atoms with Crippen molar-refractivity contribution in [2.24, 2.45) is 0 Å². The zero-order valence-electron chi connectivity index (χ0n) is 7.20. The van der Waals surface area contributed by atoms with Gasteiger partial charge in [-0.05, 0) is 0 Å². The van der Waals surface area contributed by atoms with Crippen molar-refractivity contribution in [2.75, 3.05) is 0 Å². The minimum Gasteiger partial charge on any atom is -1.00 e. The topological polar surface area (TPSA) is 0 Å². The molecule has 58 valence electrons. The van der Waals surface area contributed by atoms with Crippen LogP contribution >= 0.6 is 0 Å². The normalized spacial score (nSPS) is 7.80. The molecule has 0 aromatic carbocycles. The first-order valence-electron chi connectivity index (χ1n) is 3.69. The number of halogens is 1. The zero-order chi connectivity index (χ0) is 6.24. The zero-order valence-corrected chi connectivity index (χ0v) is 9.37. The summed E-state index contributed by atoms with van der Waals surface area (Å²) in [4.78, 5) is 0. The minimum absolute atomic E-state index is 0. The van der Waals surface area contributed by atoms with E-state index in [1.165, 1.54) is 32.1 Å². The van der Waals surface area contributed by atoms with Crippen LogP contribution in [0.15, 0.2) is 0 Å². The second-order valence-electron chi connectivity index (χ2n) is 2.26. The van der Waals surface area contributed by atoms with E-state index in [0.29, 0.717) is 0 Å². The van der Waals surface area contributed by atoms with Crippen LogP contribution in [0.4, 0.5) is 0 Å². The Bertz CT molecular complexity index is 34.2. The molecule has 0 N–H and O–H groups in total. The molecule has 0 saturated heterocycles. The van der Waals surface area contributed by atoms with E-state index in [-0.39, 0.29) is 35.5 Å². The molecule has 0 aromatic heterocycles. The van der Waals surface area contributed by atoms with Crippen molar-refractivity contribution in [1.29, 1.82) is 0 Å². The maximum absolute atomic E-state index is 2.25. The Morgan fingerprint density at radius 1 is 1.10 bits per heavy atom. The summed E-state index contributed by atoms with van der Waals surface area (Å²) in [6.45, 7) is 4.38. The largest absolute Gasteiger partial charge is 2.00 e. The number of unbranched alkanes of at least 4 members (excludes halogenated alkanes) is 5. The van der Waals surface area contributed by atoms with E-state index in [9.17, 15) is 0 Å². The van der Waals surface area contributed by atoms with Gasteiger partial charge in [-0.15, -0.1) is 0 Å². The molecule has 0 aliphatic rings. The summed E-state index contributed by atoms with van der Waals surface area (Å²) in [7, 11) is 0. The molecule has 2 heteroatoms. The fraction of sp³-hybridized carbons (Fsp3) is 0.875. The molecular weight excluding hydrogens is 156 g/mol. The molecule has 0 atom stereocenters. The fourth-order valence-corrected chi connectivity index (χ4v) is 0.775. The predicted octanol–water partition coefficient (Wildman–Crippen LogP) is -0.196. The molecule has 0 aromatic rings. The molecule has 0 unspecified atom stereocenters. The Kier molecular flexibility index (Phi) is 28.5. The Morgan fingerprint density at radius 3 is 2.10 bits per heavy atom. The standard InChI is InChI=1S/C8H17.ClH.Mg/c1-3-5-7-8-6-4-2;;/h3H,4-8H2,1-2H3;1H;/q-1;;+2/p-1. The van der Waals surface area contributed by atoms with Gasteiger partial charge in [-0.1, -0.05) is 32.6 Å². The average Bonchev–Trinajstić information content (AvgIpc) is 1.81. The van der Waals surface area contributed by atoms with E-state index in [4.69, 9.17) is 0 Å². The van der Waals surface area contributed by atoms with Gasteiger partial charge in [0.2, 0.25) is 0 Å². The van der Waals surface area contributed by atoms with E-state index in [1.807, 2.05) is 0 Å². The third-order valence-electron chi connectivity index (χ3n) is 1.35. The Morgan fingerprint density at radius 2 is 1.70 bits per heavy atom. The van der Waals surface area contributed by atoms with Crippen LogP contribution in [-0.2, 0) is 0 Å². The van der Waals surface area contributed by atoms with Crippen LogP contribution in [0, 0.1) is 6.42 Å². The Balaban J connectivity index is -0.000000245. The van der Waals surface area contributed by atoms with E-state index >= 15 is 0 Å². The van der Waals surface area contributed by atoms with Crippen molar-refractivity contribution in [3.05, 3.63) is 6.42 Å². The molecular formula is C8H17ClMg. The molecule has 0 aliphatic heterocycles. The maximum Gasteiger partial charge on any atom is 2.00 e. The summed E-state index contributed by atoms with van der Waals surface area (Å²) in [6.07, 6.45) is 9.12. The molecule has 0 rings (SSSR count). The van der Waals surface area contributed by atoms with Crippen LogP contribution in [0.1, 0.15) is 46.0 Å². The summed E-state index contributed by atoms with van der Waals surface area (Å²) in [5.74, 6) is 0. The second kappa shape index (κ2) is 16.6. The smallest absolute Gasteiger partial charge is 1.00 e. The van der Waals surface area contributed by atoms with Crippen LogP contribution in [0.2, 0.25) is 0 Å². The molecule has 0 amide bonds. The quantitative estimate of drug-likeness (QED) is 0.307. The predicted molar refractivity (Wildman–Crippen MR) is 44.5 cm³/mol. The third kappa shape index (κ3) is 16.0. The first-order valence-corrected chi connectivity index (χ1v) is 3.69. The van der Waals surface area contributed by atoms with Gasteiger partial charge in [-0.3, -0.25) is 0 Å². The SMILES string of the molecule is C[CH-]CCCCCC.[Cl-].[Mg+2]. The first-order chi connectivity index (χ1) is 3.91. The summed E-state index contributed by atoms with van der Waals surface area (Å²) >= 11 is 0. The van der Waals surface area contributed by atoms with Gasteiger partial charge >= 0.3 is 23.1 Å². The molecule has 0 spiro atoms. The van der Waals surface area contributed by atoms with Crippen LogP contribution in [-0.4, -0.2) is 23.1 Å². The molecule has 0 heterocycles. The van der Waals surface area contributed by atoms with Crippen molar-refractivity contribution in [1.82, 2.24) is 0 Å². The first kappa shape index (κ1) is 17.2. The summed E-state index contributed by atoms with van der Waals surface area (Å²) < 4.78 is 0. The number of hydrogen-bond acceptors (Lipinski definition) is 0. The number of rotatable bonds is 5. The van der Waals surface area contributed by atoms with Gasteiger partial charge < -0.3 is 18.8 Å². The molecule has 0 nitrogen and oxygen atoms in total. The maximum atomic E-state index is 2.25. The van der Waals surface area contributed by atoms with Crippen LogP contribution in [0.5, 0.6) is 0 Å². The van der Waals surface area contributed by atoms with Crippen molar-refractivity contribution in [3.8, 4) is 0 Å². The summed E-state index contributed by atoms with van der Waals surface area (Å²) in [5, 5.41) is 0. The second-order valence-corrected chi connectivity index (χ2v) is 2.26. The minimum atomic E-state index is 0. The molecule has 0 radical (unpaired) electrons. The van der Waals surface area contributed by atoms with Crippen LogP contribution in [0.25, 0.3) is 0 Å².